The molecule has 0 unspecified atom stereocenters. The summed E-state index contributed by atoms with van der Waals surface area (Å²) in [6.07, 6.45) is 3.47. The maximum Gasteiger partial charge on any atom is 0.295 e. The zero-order valence-corrected chi connectivity index (χ0v) is 14.2. The third-order valence-corrected chi connectivity index (χ3v) is 4.14. The van der Waals surface area contributed by atoms with Crippen molar-refractivity contribution < 1.29 is 14.5 Å². The first-order valence-electron chi connectivity index (χ1n) is 8.37. The fourth-order valence-electron chi connectivity index (χ4n) is 2.77. The Kier molecular flexibility index (Phi) is 5.87. The van der Waals surface area contributed by atoms with Gasteiger partial charge >= 0.3 is 0 Å². The largest absolute Gasteiger partial charge is 0.379 e. The molecule has 26 heavy (non-hydrogen) atoms. The van der Waals surface area contributed by atoms with Crippen LogP contribution in [0.1, 0.15) is 16.8 Å². The monoisotopic (exact) mass is 360 g/mol. The van der Waals surface area contributed by atoms with Crippen molar-refractivity contribution in [2.45, 2.75) is 6.42 Å². The van der Waals surface area contributed by atoms with Crippen LogP contribution in [-0.2, 0) is 4.74 Å². The van der Waals surface area contributed by atoms with Gasteiger partial charge in [-0.25, -0.2) is 9.67 Å². The zero-order valence-electron chi connectivity index (χ0n) is 14.2. The molecule has 0 aliphatic carbocycles. The Balaban J connectivity index is 1.58. The Morgan fingerprint density at radius 2 is 2.15 bits per heavy atom. The summed E-state index contributed by atoms with van der Waals surface area (Å²) in [5.41, 5.74) is 0.305. The topological polar surface area (TPSA) is 115 Å². The minimum atomic E-state index is -0.535. The number of nitrogens with zero attached hydrogens (tertiary/aromatic N) is 5. The third-order valence-electron chi connectivity index (χ3n) is 4.14. The minimum Gasteiger partial charge on any atom is -0.379 e. The fraction of sp³-hybridized carbons (Fsp3) is 0.438. The smallest absolute Gasteiger partial charge is 0.295 e. The normalized spacial score (nSPS) is 14.9. The van der Waals surface area contributed by atoms with E-state index < -0.39 is 4.92 Å². The van der Waals surface area contributed by atoms with Crippen LogP contribution in [0.4, 0.5) is 5.69 Å². The second-order valence-electron chi connectivity index (χ2n) is 5.86. The van der Waals surface area contributed by atoms with Gasteiger partial charge in [0.2, 0.25) is 0 Å². The fourth-order valence-corrected chi connectivity index (χ4v) is 2.77. The van der Waals surface area contributed by atoms with Gasteiger partial charge in [0.05, 0.1) is 18.1 Å². The van der Waals surface area contributed by atoms with Gasteiger partial charge < -0.3 is 10.1 Å². The van der Waals surface area contributed by atoms with Gasteiger partial charge in [0, 0.05) is 31.3 Å². The van der Waals surface area contributed by atoms with Gasteiger partial charge in [0.25, 0.3) is 11.6 Å². The van der Waals surface area contributed by atoms with Crippen LogP contribution in [0.25, 0.3) is 5.69 Å². The van der Waals surface area contributed by atoms with E-state index in [0.717, 1.165) is 39.3 Å². The third kappa shape index (κ3) is 4.41. The lowest BCUT2D eigenvalue weighted by Crippen LogP contribution is -2.38. The molecule has 1 amide bonds. The number of morpholine rings is 1. The van der Waals surface area contributed by atoms with E-state index in [4.69, 9.17) is 4.74 Å². The summed E-state index contributed by atoms with van der Waals surface area (Å²) in [5, 5.41) is 18.0. The summed E-state index contributed by atoms with van der Waals surface area (Å²) in [6.45, 7) is 4.69. The zero-order chi connectivity index (χ0) is 18.4. The molecular weight excluding hydrogens is 340 g/mol. The average Bonchev–Trinajstić information content (AvgIpc) is 3.20. The highest BCUT2D eigenvalue weighted by atomic mass is 16.6. The van der Waals surface area contributed by atoms with Crippen LogP contribution in [0, 0.1) is 10.1 Å². The van der Waals surface area contributed by atoms with Crippen LogP contribution in [0.2, 0.25) is 0 Å². The van der Waals surface area contributed by atoms with E-state index in [9.17, 15) is 14.9 Å². The molecule has 1 aliphatic heterocycles. The maximum atomic E-state index is 12.3. The summed E-state index contributed by atoms with van der Waals surface area (Å²) >= 11 is 0. The number of benzene rings is 1. The Morgan fingerprint density at radius 3 is 2.85 bits per heavy atom. The molecule has 0 radical (unpaired) electrons. The lowest BCUT2D eigenvalue weighted by Gasteiger charge is -2.26. The van der Waals surface area contributed by atoms with Crippen molar-refractivity contribution in [3.63, 3.8) is 0 Å². The molecule has 1 aromatic heterocycles. The molecule has 3 rings (SSSR count). The van der Waals surface area contributed by atoms with Gasteiger partial charge in [-0.15, -0.1) is 0 Å². The lowest BCUT2D eigenvalue weighted by molar-refractivity contribution is -0.384. The number of hydrogen-bond donors (Lipinski definition) is 1. The Morgan fingerprint density at radius 1 is 1.35 bits per heavy atom. The Hall–Kier alpha value is -2.85. The van der Waals surface area contributed by atoms with Crippen molar-refractivity contribution >= 4 is 11.6 Å². The van der Waals surface area contributed by atoms with E-state index in [2.05, 4.69) is 20.3 Å². The van der Waals surface area contributed by atoms with Crippen LogP contribution in [0.5, 0.6) is 0 Å². The van der Waals surface area contributed by atoms with Crippen molar-refractivity contribution in [3.8, 4) is 5.69 Å². The molecular formula is C16H20N6O4. The van der Waals surface area contributed by atoms with E-state index in [0.29, 0.717) is 6.54 Å². The number of carbonyl (C=O) groups is 1. The summed E-state index contributed by atoms with van der Waals surface area (Å²) < 4.78 is 6.59. The number of nitro benzene ring substituents is 1. The standard InChI is InChI=1S/C16H20N6O4/c23-16(18-4-1-5-20-6-8-26-9-7-20)13-2-3-14(15(10-13)22(24)25)21-12-17-11-19-21/h2-3,10-12H,1,4-9H2,(H,18,23). The van der Waals surface area contributed by atoms with Crippen LogP contribution in [-0.4, -0.2) is 69.9 Å². The molecule has 2 heterocycles. The van der Waals surface area contributed by atoms with E-state index in [1.165, 1.54) is 29.5 Å². The van der Waals surface area contributed by atoms with E-state index in [-0.39, 0.29) is 22.8 Å². The average molecular weight is 360 g/mol. The molecule has 1 N–H and O–H groups in total. The number of hydrogen-bond acceptors (Lipinski definition) is 7. The van der Waals surface area contributed by atoms with Crippen molar-refractivity contribution in [1.29, 1.82) is 0 Å². The summed E-state index contributed by atoms with van der Waals surface area (Å²) in [5.74, 6) is -0.333. The number of carbonyl (C=O) groups excluding carboxylic acids is 1. The minimum absolute atomic E-state index is 0.198. The second-order valence-corrected chi connectivity index (χ2v) is 5.86. The molecule has 1 aliphatic rings. The van der Waals surface area contributed by atoms with Gasteiger partial charge in [-0.2, -0.15) is 5.10 Å². The van der Waals surface area contributed by atoms with E-state index in [1.54, 1.807) is 6.07 Å². The van der Waals surface area contributed by atoms with Crippen molar-refractivity contribution in [1.82, 2.24) is 25.0 Å². The number of rotatable bonds is 7. The highest BCUT2D eigenvalue weighted by Crippen LogP contribution is 2.23. The first kappa shape index (κ1) is 18.0. The van der Waals surface area contributed by atoms with E-state index >= 15 is 0 Å². The number of nitrogens with one attached hydrogen (secondary N) is 1. The van der Waals surface area contributed by atoms with Gasteiger partial charge in [0.1, 0.15) is 18.3 Å². The Labute approximate surface area is 149 Å². The first-order valence-corrected chi connectivity index (χ1v) is 8.37. The lowest BCUT2D eigenvalue weighted by atomic mass is 10.1. The SMILES string of the molecule is O=C(NCCCN1CCOCC1)c1ccc(-n2cncn2)c([N+](=O)[O-])c1. The molecule has 10 heteroatoms. The van der Waals surface area contributed by atoms with E-state index in [1.807, 2.05) is 0 Å². The molecule has 0 saturated carbocycles. The summed E-state index contributed by atoms with van der Waals surface area (Å²) in [6, 6.07) is 4.30. The highest BCUT2D eigenvalue weighted by Gasteiger charge is 2.19. The predicted molar refractivity (Wildman–Crippen MR) is 92.2 cm³/mol. The molecule has 1 aromatic carbocycles. The van der Waals surface area contributed by atoms with Crippen molar-refractivity contribution in [3.05, 3.63) is 46.5 Å². The number of nitro groups is 1. The molecule has 10 nitrogen and oxygen atoms in total. The summed E-state index contributed by atoms with van der Waals surface area (Å²) in [7, 11) is 0. The van der Waals surface area contributed by atoms with Crippen LogP contribution in [0.3, 0.4) is 0 Å². The molecule has 138 valence electrons. The molecule has 1 saturated heterocycles. The number of amides is 1. The van der Waals surface area contributed by atoms with Crippen molar-refractivity contribution in [2.75, 3.05) is 39.4 Å². The van der Waals surface area contributed by atoms with Gasteiger partial charge in [0.15, 0.2) is 0 Å². The van der Waals surface area contributed by atoms with Gasteiger partial charge in [-0.05, 0) is 25.1 Å². The number of ether oxygens (including phenoxy) is 1. The molecule has 2 aromatic rings. The maximum absolute atomic E-state index is 12.3. The quantitative estimate of drug-likeness (QED) is 0.437. The van der Waals surface area contributed by atoms with Crippen LogP contribution >= 0.6 is 0 Å². The van der Waals surface area contributed by atoms with Gasteiger partial charge in [-0.1, -0.05) is 0 Å². The number of aromatic nitrogens is 3. The Bertz CT molecular complexity index is 758. The van der Waals surface area contributed by atoms with Crippen LogP contribution in [0.15, 0.2) is 30.9 Å². The summed E-state index contributed by atoms with van der Waals surface area (Å²) in [4.78, 5) is 29.1. The van der Waals surface area contributed by atoms with Crippen LogP contribution < -0.4 is 5.32 Å². The predicted octanol–water partition coefficient (Wildman–Crippen LogP) is 0.628. The van der Waals surface area contributed by atoms with Crippen molar-refractivity contribution in [2.24, 2.45) is 0 Å². The first-order chi connectivity index (χ1) is 12.6. The second kappa shape index (κ2) is 8.50. The van der Waals surface area contributed by atoms with Gasteiger partial charge in [-0.3, -0.25) is 19.8 Å². The molecule has 0 bridgehead atoms. The molecule has 0 spiro atoms. The highest BCUT2D eigenvalue weighted by molar-refractivity contribution is 5.95. The molecule has 1 fully saturated rings. The molecule has 0 atom stereocenters.